The normalized spacial score (nSPS) is 13.3. The minimum absolute atomic E-state index is 0. The Morgan fingerprint density at radius 2 is 0.667 bits per heavy atom. The molecule has 20 aromatic rings. The fourth-order valence-electron chi connectivity index (χ4n) is 18.1. The lowest BCUT2D eigenvalue weighted by Gasteiger charge is -2.31. The summed E-state index contributed by atoms with van der Waals surface area (Å²) in [5.74, 6) is 0.882. The standard InChI is InChI=1S/C48H29N3S.C37H23NS.C11H7BrN2.H2/c1-9-19-44-30(11-1)21-22-33-29-47(49-51(33)44)50(32-24-26-46-39(28-32)37-15-5-10-20-45(37)52-46)31-23-25-43-38(27-31)36-14-4-8-18-42(36)48(43)40-16-6-2-12-34(40)35-13-3-7-17-41(35)48;1-5-13-31-25(9-1)26-10-2-6-14-32(26)37(31)33-15-7-3-11-27(33)29-21-23(17-19-34(29)37)38-24-18-20-36-30(22-24)28-12-4-8-16-35(28)39-36;12-11-7-9-6-5-8-3-1-2-4-10(8)14(9)13-11;/h1-29H;1-22,38H;1-7H;1H. The molecular weight excluding hydrogens is 1380 g/mol. The van der Waals surface area contributed by atoms with Gasteiger partial charge < -0.3 is 5.32 Å². The molecule has 0 aliphatic heterocycles. The van der Waals surface area contributed by atoms with Gasteiger partial charge in [0.05, 0.1) is 32.9 Å². The maximum absolute atomic E-state index is 5.34. The summed E-state index contributed by atoms with van der Waals surface area (Å²) in [4.78, 5) is 2.35. The number of para-hydroxylation sites is 2. The predicted octanol–water partition coefficient (Wildman–Crippen LogP) is 26.3. The summed E-state index contributed by atoms with van der Waals surface area (Å²) >= 11 is 7.08. The van der Waals surface area contributed by atoms with E-state index in [1.165, 1.54) is 140 Å². The Balaban J connectivity index is 0.000000117. The van der Waals surface area contributed by atoms with E-state index in [1.807, 2.05) is 45.4 Å². The lowest BCUT2D eigenvalue weighted by molar-refractivity contribution is 0.794. The van der Waals surface area contributed by atoms with Crippen LogP contribution in [0.1, 0.15) is 45.9 Å². The highest BCUT2D eigenvalue weighted by Gasteiger charge is 2.53. The van der Waals surface area contributed by atoms with E-state index in [0.717, 1.165) is 55.2 Å². The van der Waals surface area contributed by atoms with Crippen molar-refractivity contribution < 1.29 is 1.43 Å². The quantitative estimate of drug-likeness (QED) is 0.187. The topological polar surface area (TPSA) is 49.9 Å². The van der Waals surface area contributed by atoms with Gasteiger partial charge in [0.15, 0.2) is 5.82 Å². The Kier molecular flexibility index (Phi) is 13.3. The fourth-order valence-corrected chi connectivity index (χ4v) is 20.7. The van der Waals surface area contributed by atoms with Crippen molar-refractivity contribution in [3.63, 3.8) is 0 Å². The first-order valence-corrected chi connectivity index (χ1v) is 38.0. The van der Waals surface area contributed by atoms with E-state index in [0.29, 0.717) is 0 Å². The molecule has 14 aromatic carbocycles. The van der Waals surface area contributed by atoms with Crippen molar-refractivity contribution in [2.75, 3.05) is 10.2 Å². The van der Waals surface area contributed by atoms with Crippen LogP contribution in [0.4, 0.5) is 28.6 Å². The molecule has 0 fully saturated rings. The van der Waals surface area contributed by atoms with Gasteiger partial charge in [-0.2, -0.15) is 5.10 Å². The van der Waals surface area contributed by atoms with Crippen LogP contribution in [0.15, 0.2) is 356 Å². The molecule has 24 rings (SSSR count). The summed E-state index contributed by atoms with van der Waals surface area (Å²) in [6, 6.07) is 128. The summed E-state index contributed by atoms with van der Waals surface area (Å²) < 4.78 is 10.1. The van der Waals surface area contributed by atoms with Crippen molar-refractivity contribution in [2.24, 2.45) is 0 Å². The van der Waals surface area contributed by atoms with E-state index in [-0.39, 0.29) is 12.3 Å². The maximum Gasteiger partial charge on any atom is 0.160 e. The highest BCUT2D eigenvalue weighted by atomic mass is 79.9. The van der Waals surface area contributed by atoms with Crippen LogP contribution < -0.4 is 10.2 Å². The molecule has 0 saturated heterocycles. The largest absolute Gasteiger partial charge is 0.355 e. The molecule has 105 heavy (non-hydrogen) atoms. The average molecular weight is 1440 g/mol. The highest BCUT2D eigenvalue weighted by molar-refractivity contribution is 9.10. The first kappa shape index (κ1) is 60.1. The van der Waals surface area contributed by atoms with Gasteiger partial charge in [0, 0.05) is 81.4 Å². The molecule has 0 atom stereocenters. The molecule has 6 nitrogen and oxygen atoms in total. The van der Waals surface area contributed by atoms with Crippen LogP contribution in [0.3, 0.4) is 0 Å². The van der Waals surface area contributed by atoms with Gasteiger partial charge in [-0.3, -0.25) is 4.90 Å². The zero-order valence-corrected chi connectivity index (χ0v) is 59.6. The van der Waals surface area contributed by atoms with Gasteiger partial charge in [0.25, 0.3) is 0 Å². The van der Waals surface area contributed by atoms with E-state index in [1.54, 1.807) is 0 Å². The second-order valence-corrected chi connectivity index (χ2v) is 30.7. The molecule has 2 spiro atoms. The van der Waals surface area contributed by atoms with Crippen LogP contribution in [0, 0.1) is 0 Å². The summed E-state index contributed by atoms with van der Waals surface area (Å²) in [7, 11) is 0. The van der Waals surface area contributed by atoms with E-state index in [4.69, 9.17) is 5.10 Å². The summed E-state index contributed by atoms with van der Waals surface area (Å²) in [5.41, 5.74) is 29.5. The number of thiophene rings is 2. The molecule has 0 saturated carbocycles. The Hall–Kier alpha value is -12.5. The van der Waals surface area contributed by atoms with Crippen LogP contribution in [-0.4, -0.2) is 19.2 Å². The second kappa shape index (κ2) is 23.3. The summed E-state index contributed by atoms with van der Waals surface area (Å²) in [6.45, 7) is 0. The number of nitrogens with one attached hydrogen (secondary N) is 1. The summed E-state index contributed by atoms with van der Waals surface area (Å²) in [6.07, 6.45) is 0. The molecular formula is C96H61BrN6S2. The third-order valence-corrected chi connectivity index (χ3v) is 25.1. The van der Waals surface area contributed by atoms with Gasteiger partial charge in [-0.25, -0.2) is 9.03 Å². The third kappa shape index (κ3) is 8.87. The minimum Gasteiger partial charge on any atom is -0.355 e. The molecule has 0 unspecified atom stereocenters. The Morgan fingerprint density at radius 3 is 1.21 bits per heavy atom. The van der Waals surface area contributed by atoms with Gasteiger partial charge in [0.2, 0.25) is 0 Å². The molecule has 0 amide bonds. The minimum atomic E-state index is -0.376. The van der Waals surface area contributed by atoms with Crippen molar-refractivity contribution in [1.29, 1.82) is 0 Å². The van der Waals surface area contributed by atoms with Gasteiger partial charge >= 0.3 is 0 Å². The van der Waals surface area contributed by atoms with E-state index in [2.05, 4.69) is 369 Å². The van der Waals surface area contributed by atoms with Crippen molar-refractivity contribution in [3.05, 3.63) is 401 Å². The zero-order chi connectivity index (χ0) is 69.1. The number of nitrogens with zero attached hydrogens (tertiary/aromatic N) is 5. The zero-order valence-electron chi connectivity index (χ0n) is 56.4. The number of anilines is 5. The number of fused-ring (bicyclic) bond motifs is 32. The van der Waals surface area contributed by atoms with Crippen molar-refractivity contribution in [1.82, 2.24) is 19.2 Å². The molecule has 6 aromatic heterocycles. The van der Waals surface area contributed by atoms with Crippen LogP contribution in [0.5, 0.6) is 0 Å². The smallest absolute Gasteiger partial charge is 0.160 e. The van der Waals surface area contributed by atoms with Crippen molar-refractivity contribution >= 4 is 140 Å². The van der Waals surface area contributed by atoms with Gasteiger partial charge in [0.1, 0.15) is 4.60 Å². The fraction of sp³-hybridized carbons (Fsp3) is 0.0208. The van der Waals surface area contributed by atoms with Crippen LogP contribution in [0.2, 0.25) is 0 Å². The molecule has 6 heterocycles. The number of aromatic nitrogens is 4. The maximum atomic E-state index is 5.34. The molecule has 4 aliphatic rings. The van der Waals surface area contributed by atoms with Crippen LogP contribution in [0.25, 0.3) is 118 Å². The predicted molar refractivity (Wildman–Crippen MR) is 444 cm³/mol. The number of halogens is 1. The Morgan fingerprint density at radius 1 is 0.295 bits per heavy atom. The SMILES string of the molecule is Brc1cc2ccc3ccccc3n2n1.[HH].c1ccc2c(c1)-c1ccccc1C21c2ccccc2-c2cc(N(c3ccc4sc5ccccc5c4c3)c3cc4ccc5ccccc5n4n3)ccc21.c1ccc2c(c1)-c1ccccc1C21c2ccccc2-c2cc(Nc3ccc4sc5ccccc5c4c3)ccc21. The van der Waals surface area contributed by atoms with Crippen molar-refractivity contribution in [2.45, 2.75) is 10.8 Å². The molecule has 9 heteroatoms. The molecule has 0 bridgehead atoms. The van der Waals surface area contributed by atoms with E-state index in [9.17, 15) is 0 Å². The van der Waals surface area contributed by atoms with Gasteiger partial charge in [-0.05, 0) is 208 Å². The van der Waals surface area contributed by atoms with E-state index < -0.39 is 0 Å². The van der Waals surface area contributed by atoms with Gasteiger partial charge in [-0.1, -0.05) is 243 Å². The number of benzene rings is 14. The third-order valence-electron chi connectivity index (χ3n) is 22.4. The number of hydrogen-bond acceptors (Lipinski definition) is 6. The number of hydrogen-bond donors (Lipinski definition) is 1. The molecule has 494 valence electrons. The molecule has 0 radical (unpaired) electrons. The van der Waals surface area contributed by atoms with E-state index >= 15 is 0 Å². The number of pyridine rings is 2. The number of rotatable bonds is 5. The van der Waals surface area contributed by atoms with Crippen LogP contribution >= 0.6 is 38.6 Å². The molecule has 1 N–H and O–H groups in total. The first-order valence-electron chi connectivity index (χ1n) is 35.6. The molecule has 4 aliphatic carbocycles. The average Bonchev–Trinajstić information content (AvgIpc) is 1.52. The van der Waals surface area contributed by atoms with Gasteiger partial charge in [-0.15, -0.1) is 27.8 Å². The Labute approximate surface area is 622 Å². The second-order valence-electron chi connectivity index (χ2n) is 27.7. The summed E-state index contributed by atoms with van der Waals surface area (Å²) in [5, 5.41) is 21.0. The Bertz CT molecular complexity index is 6940. The lowest BCUT2D eigenvalue weighted by atomic mass is 9.70. The highest BCUT2D eigenvalue weighted by Crippen LogP contribution is 2.65. The lowest BCUT2D eigenvalue weighted by Crippen LogP contribution is -2.25. The van der Waals surface area contributed by atoms with Crippen molar-refractivity contribution in [3.8, 4) is 44.5 Å². The monoisotopic (exact) mass is 1440 g/mol. The first-order chi connectivity index (χ1) is 51.9. The van der Waals surface area contributed by atoms with Crippen LogP contribution in [-0.2, 0) is 10.8 Å².